The van der Waals surface area contributed by atoms with Crippen molar-refractivity contribution in [3.8, 4) is 0 Å². The second-order valence-electron chi connectivity index (χ2n) is 5.76. The minimum absolute atomic E-state index is 0.139. The Labute approximate surface area is 116 Å². The van der Waals surface area contributed by atoms with Crippen molar-refractivity contribution in [2.24, 2.45) is 0 Å². The molecule has 0 radical (unpaired) electrons. The van der Waals surface area contributed by atoms with Crippen molar-refractivity contribution in [1.29, 1.82) is 0 Å². The standard InChI is InChI=1S/C13H18N2O5/c1-8(16)15-11(17)9-5-6-14(7-10(9)20-15)12(18)19-13(2,3)4/h5-7H2,1-4H3. The molecule has 0 unspecified atom stereocenters. The van der Waals surface area contributed by atoms with Gasteiger partial charge in [-0.1, -0.05) is 0 Å². The molecule has 110 valence electrons. The molecule has 0 fully saturated rings. The van der Waals surface area contributed by atoms with Crippen LogP contribution < -0.4 is 5.56 Å². The average molecular weight is 282 g/mol. The van der Waals surface area contributed by atoms with Gasteiger partial charge < -0.3 is 14.2 Å². The van der Waals surface area contributed by atoms with Crippen LogP contribution in [0.15, 0.2) is 9.32 Å². The molecule has 1 aliphatic heterocycles. The normalized spacial score (nSPS) is 14.9. The lowest BCUT2D eigenvalue weighted by Gasteiger charge is -2.28. The van der Waals surface area contributed by atoms with E-state index in [2.05, 4.69) is 0 Å². The van der Waals surface area contributed by atoms with Gasteiger partial charge in [-0.2, -0.15) is 0 Å². The van der Waals surface area contributed by atoms with Crippen LogP contribution in [0.1, 0.15) is 43.8 Å². The van der Waals surface area contributed by atoms with Crippen molar-refractivity contribution in [3.05, 3.63) is 21.7 Å². The number of nitrogens with zero attached hydrogens (tertiary/aromatic N) is 2. The van der Waals surface area contributed by atoms with E-state index in [-0.39, 0.29) is 6.54 Å². The molecule has 1 aromatic heterocycles. The maximum atomic E-state index is 12.0. The van der Waals surface area contributed by atoms with Crippen molar-refractivity contribution in [2.75, 3.05) is 6.54 Å². The number of hydrogen-bond acceptors (Lipinski definition) is 5. The summed E-state index contributed by atoms with van der Waals surface area (Å²) in [5.74, 6) is -0.129. The van der Waals surface area contributed by atoms with Crippen LogP contribution in [0.5, 0.6) is 0 Å². The maximum absolute atomic E-state index is 12.0. The predicted octanol–water partition coefficient (Wildman–Crippen LogP) is 1.39. The third kappa shape index (κ3) is 2.76. The van der Waals surface area contributed by atoms with Crippen LogP contribution in [0.2, 0.25) is 0 Å². The maximum Gasteiger partial charge on any atom is 0.410 e. The van der Waals surface area contributed by atoms with Gasteiger partial charge in [0, 0.05) is 13.5 Å². The Kier molecular flexibility index (Phi) is 3.45. The van der Waals surface area contributed by atoms with Gasteiger partial charge in [0.15, 0.2) is 5.76 Å². The van der Waals surface area contributed by atoms with Crippen molar-refractivity contribution in [3.63, 3.8) is 0 Å². The number of rotatable bonds is 0. The summed E-state index contributed by atoms with van der Waals surface area (Å²) >= 11 is 0. The van der Waals surface area contributed by atoms with Crippen LogP contribution in [0, 0.1) is 0 Å². The van der Waals surface area contributed by atoms with Crippen molar-refractivity contribution < 1.29 is 18.8 Å². The number of hydrogen-bond donors (Lipinski definition) is 0. The molecule has 0 saturated heterocycles. The summed E-state index contributed by atoms with van der Waals surface area (Å²) in [6.07, 6.45) is -0.0987. The molecule has 20 heavy (non-hydrogen) atoms. The lowest BCUT2D eigenvalue weighted by atomic mass is 10.1. The summed E-state index contributed by atoms with van der Waals surface area (Å²) in [4.78, 5) is 36.5. The molecule has 7 heteroatoms. The Morgan fingerprint density at radius 3 is 2.50 bits per heavy atom. The van der Waals surface area contributed by atoms with Crippen LogP contribution in [0.25, 0.3) is 0 Å². The topological polar surface area (TPSA) is 81.8 Å². The van der Waals surface area contributed by atoms with Gasteiger partial charge >= 0.3 is 6.09 Å². The number of ether oxygens (including phenoxy) is 1. The smallest absolute Gasteiger partial charge is 0.410 e. The number of amides is 1. The van der Waals surface area contributed by atoms with E-state index in [1.807, 2.05) is 0 Å². The van der Waals surface area contributed by atoms with Gasteiger partial charge in [0.2, 0.25) is 0 Å². The van der Waals surface area contributed by atoms with E-state index in [4.69, 9.17) is 9.26 Å². The highest BCUT2D eigenvalue weighted by atomic mass is 16.6. The first-order valence-corrected chi connectivity index (χ1v) is 6.42. The highest BCUT2D eigenvalue weighted by molar-refractivity contribution is 5.74. The zero-order valence-electron chi connectivity index (χ0n) is 12.1. The summed E-state index contributed by atoms with van der Waals surface area (Å²) in [5, 5.41) is 0. The number of carbonyl (C=O) groups is 2. The van der Waals surface area contributed by atoms with Crippen LogP contribution in [0.3, 0.4) is 0 Å². The highest BCUT2D eigenvalue weighted by Crippen LogP contribution is 2.19. The second-order valence-corrected chi connectivity index (χ2v) is 5.76. The first-order valence-electron chi connectivity index (χ1n) is 6.42. The molecule has 0 bridgehead atoms. The van der Waals surface area contributed by atoms with Crippen molar-refractivity contribution in [1.82, 2.24) is 9.64 Å². The van der Waals surface area contributed by atoms with Gasteiger partial charge in [0.05, 0.1) is 12.1 Å². The van der Waals surface area contributed by atoms with E-state index in [1.165, 1.54) is 11.8 Å². The first kappa shape index (κ1) is 14.4. The fourth-order valence-corrected chi connectivity index (χ4v) is 2.01. The van der Waals surface area contributed by atoms with E-state index >= 15 is 0 Å². The molecule has 2 heterocycles. The van der Waals surface area contributed by atoms with E-state index in [0.29, 0.717) is 24.3 Å². The largest absolute Gasteiger partial charge is 0.444 e. The van der Waals surface area contributed by atoms with E-state index < -0.39 is 23.2 Å². The van der Waals surface area contributed by atoms with Gasteiger partial charge in [0.1, 0.15) is 5.60 Å². The number of aromatic nitrogens is 1. The van der Waals surface area contributed by atoms with E-state index in [1.54, 1.807) is 20.8 Å². The van der Waals surface area contributed by atoms with Gasteiger partial charge in [0.25, 0.3) is 11.5 Å². The van der Waals surface area contributed by atoms with Crippen LogP contribution >= 0.6 is 0 Å². The quantitative estimate of drug-likeness (QED) is 0.718. The van der Waals surface area contributed by atoms with Gasteiger partial charge in [-0.05, 0) is 27.2 Å². The van der Waals surface area contributed by atoms with Gasteiger partial charge in [-0.15, -0.1) is 4.74 Å². The molecular formula is C13H18N2O5. The lowest BCUT2D eigenvalue weighted by Crippen LogP contribution is -2.40. The molecule has 2 rings (SSSR count). The Morgan fingerprint density at radius 2 is 1.95 bits per heavy atom. The van der Waals surface area contributed by atoms with Gasteiger partial charge in [-0.3, -0.25) is 9.59 Å². The summed E-state index contributed by atoms with van der Waals surface area (Å²) in [6, 6.07) is 0. The second kappa shape index (κ2) is 4.81. The molecule has 0 atom stereocenters. The summed E-state index contributed by atoms with van der Waals surface area (Å²) in [5.41, 5.74) is -0.555. The Hall–Kier alpha value is -2.05. The summed E-state index contributed by atoms with van der Waals surface area (Å²) < 4.78 is 11.2. The molecule has 1 amide bonds. The summed E-state index contributed by atoms with van der Waals surface area (Å²) in [7, 11) is 0. The third-order valence-corrected chi connectivity index (χ3v) is 2.88. The highest BCUT2D eigenvalue weighted by Gasteiger charge is 2.30. The molecule has 0 aliphatic carbocycles. The molecule has 0 saturated carbocycles. The molecule has 1 aromatic rings. The zero-order chi connectivity index (χ0) is 15.1. The monoisotopic (exact) mass is 282 g/mol. The summed E-state index contributed by atoms with van der Waals surface area (Å²) in [6.45, 7) is 7.11. The molecule has 0 N–H and O–H groups in total. The van der Waals surface area contributed by atoms with E-state index in [9.17, 15) is 14.4 Å². The Balaban J connectivity index is 2.20. The minimum Gasteiger partial charge on any atom is -0.444 e. The average Bonchev–Trinajstić information content (AvgIpc) is 2.64. The fraction of sp³-hybridized carbons (Fsp3) is 0.615. The molecule has 0 spiro atoms. The molecule has 0 aromatic carbocycles. The van der Waals surface area contributed by atoms with Crippen molar-refractivity contribution >= 4 is 12.0 Å². The van der Waals surface area contributed by atoms with Crippen LogP contribution in [0.4, 0.5) is 4.79 Å². The van der Waals surface area contributed by atoms with Crippen LogP contribution in [-0.4, -0.2) is 33.8 Å². The van der Waals surface area contributed by atoms with Crippen molar-refractivity contribution in [2.45, 2.75) is 46.3 Å². The minimum atomic E-state index is -0.580. The Bertz CT molecular complexity index is 605. The van der Waals surface area contributed by atoms with Gasteiger partial charge in [-0.25, -0.2) is 4.79 Å². The lowest BCUT2D eigenvalue weighted by molar-refractivity contribution is 0.0202. The first-order chi connectivity index (χ1) is 9.19. The SMILES string of the molecule is CC(=O)n1oc2c(c1=O)CCN(C(=O)OC(C)(C)C)C2. The fourth-order valence-electron chi connectivity index (χ4n) is 2.01. The Morgan fingerprint density at radius 1 is 1.30 bits per heavy atom. The third-order valence-electron chi connectivity index (χ3n) is 2.88. The predicted molar refractivity (Wildman–Crippen MR) is 69.6 cm³/mol. The molecular weight excluding hydrogens is 264 g/mol. The molecule has 7 nitrogen and oxygen atoms in total. The van der Waals surface area contributed by atoms with Crippen LogP contribution in [-0.2, 0) is 17.7 Å². The zero-order valence-corrected chi connectivity index (χ0v) is 12.1. The van der Waals surface area contributed by atoms with E-state index in [0.717, 1.165) is 4.74 Å². The number of carbonyl (C=O) groups excluding carboxylic acids is 2. The number of fused-ring (bicyclic) bond motifs is 1. The molecule has 1 aliphatic rings.